The lowest BCUT2D eigenvalue weighted by molar-refractivity contribution is 0.0954. The van der Waals surface area contributed by atoms with Crippen LogP contribution in [0.2, 0.25) is 5.15 Å². The Morgan fingerprint density at radius 2 is 1.85 bits per heavy atom. The summed E-state index contributed by atoms with van der Waals surface area (Å²) < 4.78 is 0. The number of carbonyl (C=O) groups is 1. The highest BCUT2D eigenvalue weighted by molar-refractivity contribution is 14.0. The van der Waals surface area contributed by atoms with Gasteiger partial charge in [0.05, 0.1) is 0 Å². The normalized spacial score (nSPS) is 10.7. The van der Waals surface area contributed by atoms with Crippen molar-refractivity contribution >= 4 is 47.4 Å². The number of amides is 1. The topological polar surface area (TPSA) is 78.4 Å². The van der Waals surface area contributed by atoms with Crippen molar-refractivity contribution in [3.05, 3.63) is 64.4 Å². The Morgan fingerprint density at radius 3 is 2.52 bits per heavy atom. The molecule has 146 valence electrons. The van der Waals surface area contributed by atoms with Crippen LogP contribution in [0.4, 0.5) is 0 Å². The van der Waals surface area contributed by atoms with Crippen LogP contribution >= 0.6 is 35.6 Å². The standard InChI is InChI=1S/C19H24ClN5O.HI/c1-14-4-3-5-16(12-14)18(26)22-10-11-24-19(21-2)23-9-8-15-6-7-17(20)25-13-15;/h3-7,12-13H,8-11H2,1-2H3,(H,22,26)(H2,21,23,24);1H. The maximum atomic E-state index is 12.1. The molecule has 2 rings (SSSR count). The molecule has 1 aromatic carbocycles. The van der Waals surface area contributed by atoms with E-state index in [2.05, 4.69) is 25.9 Å². The zero-order valence-corrected chi connectivity index (χ0v) is 18.5. The summed E-state index contributed by atoms with van der Waals surface area (Å²) in [5, 5.41) is 9.78. The molecule has 0 fully saturated rings. The van der Waals surface area contributed by atoms with Gasteiger partial charge in [-0.2, -0.15) is 0 Å². The van der Waals surface area contributed by atoms with Crippen LogP contribution in [0.15, 0.2) is 47.6 Å². The van der Waals surface area contributed by atoms with E-state index < -0.39 is 0 Å². The number of aromatic nitrogens is 1. The molecule has 0 saturated carbocycles. The van der Waals surface area contributed by atoms with Gasteiger partial charge in [0.15, 0.2) is 5.96 Å². The molecule has 0 saturated heterocycles. The van der Waals surface area contributed by atoms with Gasteiger partial charge in [-0.3, -0.25) is 9.79 Å². The number of pyridine rings is 1. The zero-order chi connectivity index (χ0) is 18.8. The lowest BCUT2D eigenvalue weighted by atomic mass is 10.1. The van der Waals surface area contributed by atoms with Crippen LogP contribution in [0, 0.1) is 6.92 Å². The molecule has 1 heterocycles. The van der Waals surface area contributed by atoms with Crippen LogP contribution in [0.1, 0.15) is 21.5 Å². The Balaban J connectivity index is 0.00000364. The predicted octanol–water partition coefficient (Wildman–Crippen LogP) is 2.80. The molecule has 1 amide bonds. The van der Waals surface area contributed by atoms with Crippen molar-refractivity contribution in [3.63, 3.8) is 0 Å². The largest absolute Gasteiger partial charge is 0.356 e. The van der Waals surface area contributed by atoms with Gasteiger partial charge in [-0.05, 0) is 37.1 Å². The molecule has 3 N–H and O–H groups in total. The van der Waals surface area contributed by atoms with E-state index >= 15 is 0 Å². The second-order valence-electron chi connectivity index (χ2n) is 5.79. The maximum absolute atomic E-state index is 12.1. The Hall–Kier alpha value is -1.87. The van der Waals surface area contributed by atoms with Crippen molar-refractivity contribution in [1.82, 2.24) is 20.9 Å². The van der Waals surface area contributed by atoms with Gasteiger partial charge in [-0.1, -0.05) is 35.4 Å². The van der Waals surface area contributed by atoms with E-state index in [-0.39, 0.29) is 29.9 Å². The number of guanidine groups is 1. The fourth-order valence-corrected chi connectivity index (χ4v) is 2.46. The van der Waals surface area contributed by atoms with Crippen LogP contribution in [0.25, 0.3) is 0 Å². The quantitative estimate of drug-likeness (QED) is 0.179. The third-order valence-electron chi connectivity index (χ3n) is 3.70. The maximum Gasteiger partial charge on any atom is 0.251 e. The Morgan fingerprint density at radius 1 is 1.11 bits per heavy atom. The fraction of sp³-hybridized carbons (Fsp3) is 0.316. The highest BCUT2D eigenvalue weighted by atomic mass is 127. The van der Waals surface area contributed by atoms with Crippen molar-refractivity contribution in [2.24, 2.45) is 4.99 Å². The molecule has 0 atom stereocenters. The molecule has 27 heavy (non-hydrogen) atoms. The number of aryl methyl sites for hydroxylation is 1. The molecule has 6 nitrogen and oxygen atoms in total. The van der Waals surface area contributed by atoms with Crippen molar-refractivity contribution in [2.45, 2.75) is 13.3 Å². The van der Waals surface area contributed by atoms with E-state index in [0.717, 1.165) is 24.1 Å². The molecule has 8 heteroatoms. The number of nitrogens with zero attached hydrogens (tertiary/aromatic N) is 2. The summed E-state index contributed by atoms with van der Waals surface area (Å²) in [5.41, 5.74) is 2.84. The number of aliphatic imine (C=N–C) groups is 1. The van der Waals surface area contributed by atoms with Crippen molar-refractivity contribution < 1.29 is 4.79 Å². The molecule has 0 radical (unpaired) electrons. The third kappa shape index (κ3) is 8.57. The number of nitrogens with one attached hydrogen (secondary N) is 3. The lowest BCUT2D eigenvalue weighted by Gasteiger charge is -2.12. The summed E-state index contributed by atoms with van der Waals surface area (Å²) >= 11 is 5.77. The van der Waals surface area contributed by atoms with E-state index in [1.54, 1.807) is 19.3 Å². The predicted molar refractivity (Wildman–Crippen MR) is 121 cm³/mol. The first kappa shape index (κ1) is 23.2. The van der Waals surface area contributed by atoms with Gasteiger partial charge in [0, 0.05) is 38.4 Å². The second kappa shape index (κ2) is 12.5. The van der Waals surface area contributed by atoms with E-state index in [1.807, 2.05) is 37.3 Å². The van der Waals surface area contributed by atoms with Gasteiger partial charge in [0.2, 0.25) is 0 Å². The highest BCUT2D eigenvalue weighted by Gasteiger charge is 2.04. The molecule has 2 aromatic rings. The average Bonchev–Trinajstić information content (AvgIpc) is 2.65. The zero-order valence-electron chi connectivity index (χ0n) is 15.5. The summed E-state index contributed by atoms with van der Waals surface area (Å²) in [6, 6.07) is 11.3. The molecule has 0 unspecified atom stereocenters. The molecule has 0 bridgehead atoms. The summed E-state index contributed by atoms with van der Waals surface area (Å²) in [6.07, 6.45) is 2.58. The van der Waals surface area contributed by atoms with Gasteiger partial charge >= 0.3 is 0 Å². The third-order valence-corrected chi connectivity index (χ3v) is 3.93. The van der Waals surface area contributed by atoms with E-state index in [4.69, 9.17) is 11.6 Å². The van der Waals surface area contributed by atoms with E-state index in [1.165, 1.54) is 0 Å². The molecule has 1 aromatic heterocycles. The fourth-order valence-electron chi connectivity index (χ4n) is 2.35. The minimum atomic E-state index is -0.0753. The van der Waals surface area contributed by atoms with Gasteiger partial charge in [0.25, 0.3) is 5.91 Å². The molecule has 0 aliphatic carbocycles. The Bertz CT molecular complexity index is 752. The molecular formula is C19H25ClIN5O. The SMILES string of the molecule is CN=C(NCCNC(=O)c1cccc(C)c1)NCCc1ccc(Cl)nc1.I. The first-order valence-electron chi connectivity index (χ1n) is 8.48. The second-order valence-corrected chi connectivity index (χ2v) is 6.18. The van der Waals surface area contributed by atoms with Crippen molar-refractivity contribution in [2.75, 3.05) is 26.7 Å². The number of hydrogen-bond donors (Lipinski definition) is 3. The van der Waals surface area contributed by atoms with Crippen molar-refractivity contribution in [1.29, 1.82) is 0 Å². The number of hydrogen-bond acceptors (Lipinski definition) is 3. The van der Waals surface area contributed by atoms with Crippen LogP contribution in [0.5, 0.6) is 0 Å². The number of rotatable bonds is 7. The van der Waals surface area contributed by atoms with Gasteiger partial charge < -0.3 is 16.0 Å². The Kier molecular flexibility index (Phi) is 10.7. The van der Waals surface area contributed by atoms with Crippen LogP contribution in [-0.2, 0) is 6.42 Å². The first-order valence-corrected chi connectivity index (χ1v) is 8.86. The highest BCUT2D eigenvalue weighted by Crippen LogP contribution is 2.05. The van der Waals surface area contributed by atoms with Gasteiger partial charge in [-0.15, -0.1) is 24.0 Å². The number of benzene rings is 1. The summed E-state index contributed by atoms with van der Waals surface area (Å²) in [6.45, 7) is 3.78. The molecular weight excluding hydrogens is 477 g/mol. The van der Waals surface area contributed by atoms with Gasteiger partial charge in [-0.25, -0.2) is 4.98 Å². The Labute approximate surface area is 182 Å². The van der Waals surface area contributed by atoms with Crippen LogP contribution in [-0.4, -0.2) is 43.5 Å². The van der Waals surface area contributed by atoms with Crippen LogP contribution < -0.4 is 16.0 Å². The number of carbonyl (C=O) groups excluding carboxylic acids is 1. The van der Waals surface area contributed by atoms with E-state index in [9.17, 15) is 4.79 Å². The average molecular weight is 502 g/mol. The lowest BCUT2D eigenvalue weighted by Crippen LogP contribution is -2.42. The number of halogens is 2. The molecule has 0 aliphatic heterocycles. The minimum Gasteiger partial charge on any atom is -0.356 e. The monoisotopic (exact) mass is 501 g/mol. The van der Waals surface area contributed by atoms with Gasteiger partial charge in [0.1, 0.15) is 5.15 Å². The summed E-state index contributed by atoms with van der Waals surface area (Å²) in [5.74, 6) is 0.616. The van der Waals surface area contributed by atoms with E-state index in [0.29, 0.717) is 29.8 Å². The first-order chi connectivity index (χ1) is 12.6. The summed E-state index contributed by atoms with van der Waals surface area (Å²) in [4.78, 5) is 20.3. The van der Waals surface area contributed by atoms with Crippen molar-refractivity contribution in [3.8, 4) is 0 Å². The summed E-state index contributed by atoms with van der Waals surface area (Å²) in [7, 11) is 1.71. The molecule has 0 spiro atoms. The molecule has 0 aliphatic rings. The minimum absolute atomic E-state index is 0. The smallest absolute Gasteiger partial charge is 0.251 e. The van der Waals surface area contributed by atoms with Crippen LogP contribution in [0.3, 0.4) is 0 Å².